The fourth-order valence-corrected chi connectivity index (χ4v) is 4.26. The first-order chi connectivity index (χ1) is 9.38. The lowest BCUT2D eigenvalue weighted by atomic mass is 9.79. The van der Waals surface area contributed by atoms with Gasteiger partial charge in [0.25, 0.3) is 0 Å². The number of hydrogen-bond acceptors (Lipinski definition) is 1. The Morgan fingerprint density at radius 3 is 1.79 bits per heavy atom. The molecule has 2 aliphatic carbocycles. The molecule has 1 nitrogen and oxygen atoms in total. The summed E-state index contributed by atoms with van der Waals surface area (Å²) in [5.74, 6) is 2.99. The van der Waals surface area contributed by atoms with Gasteiger partial charge in [0.1, 0.15) is 0 Å². The van der Waals surface area contributed by atoms with Crippen LogP contribution in [0.1, 0.15) is 83.5 Å². The highest BCUT2D eigenvalue weighted by Crippen LogP contribution is 2.33. The molecule has 19 heavy (non-hydrogen) atoms. The van der Waals surface area contributed by atoms with Crippen LogP contribution < -0.4 is 0 Å². The van der Waals surface area contributed by atoms with E-state index in [1.54, 1.807) is 0 Å². The third-order valence-electron chi connectivity index (χ3n) is 5.57. The fourth-order valence-electron chi connectivity index (χ4n) is 4.26. The van der Waals surface area contributed by atoms with Gasteiger partial charge >= 0.3 is 0 Å². The molecule has 2 saturated carbocycles. The predicted octanol–water partition coefficient (Wildman–Crippen LogP) is 5.58. The number of rotatable bonds is 7. The van der Waals surface area contributed by atoms with Gasteiger partial charge in [0.05, 0.1) is 0 Å². The van der Waals surface area contributed by atoms with E-state index in [2.05, 4.69) is 0 Å². The topological polar surface area (TPSA) is 9.23 Å². The molecular weight excluding hydrogens is 232 g/mol. The van der Waals surface area contributed by atoms with Crippen LogP contribution in [0, 0.1) is 17.8 Å². The van der Waals surface area contributed by atoms with E-state index in [9.17, 15) is 0 Å². The normalized spacial score (nSPS) is 29.5. The van der Waals surface area contributed by atoms with E-state index in [1.807, 2.05) is 7.11 Å². The first-order valence-corrected chi connectivity index (χ1v) is 8.87. The monoisotopic (exact) mass is 266 g/mol. The lowest BCUT2D eigenvalue weighted by Crippen LogP contribution is -2.18. The van der Waals surface area contributed by atoms with Crippen LogP contribution in [0.5, 0.6) is 0 Å². The highest BCUT2D eigenvalue weighted by atomic mass is 16.5. The van der Waals surface area contributed by atoms with E-state index < -0.39 is 0 Å². The van der Waals surface area contributed by atoms with E-state index in [0.29, 0.717) is 0 Å². The maximum absolute atomic E-state index is 5.28. The van der Waals surface area contributed by atoms with Gasteiger partial charge in [-0.15, -0.1) is 0 Å². The highest BCUT2D eigenvalue weighted by molar-refractivity contribution is 4.73. The molecule has 1 heteroatoms. The summed E-state index contributed by atoms with van der Waals surface area (Å²) in [5.41, 5.74) is 0. The van der Waals surface area contributed by atoms with Crippen LogP contribution >= 0.6 is 0 Å². The molecular formula is C18H34O. The van der Waals surface area contributed by atoms with Crippen molar-refractivity contribution in [1.29, 1.82) is 0 Å². The van der Waals surface area contributed by atoms with Crippen LogP contribution in [-0.4, -0.2) is 13.7 Å². The van der Waals surface area contributed by atoms with Gasteiger partial charge in [-0.1, -0.05) is 70.6 Å². The molecule has 0 radical (unpaired) electrons. The van der Waals surface area contributed by atoms with Crippen LogP contribution in [0.2, 0.25) is 0 Å². The molecule has 112 valence electrons. The summed E-state index contributed by atoms with van der Waals surface area (Å²) < 4.78 is 5.28. The molecule has 0 saturated heterocycles. The van der Waals surface area contributed by atoms with Crippen molar-refractivity contribution < 1.29 is 4.74 Å². The maximum Gasteiger partial charge on any atom is 0.0490 e. The van der Waals surface area contributed by atoms with Crippen LogP contribution in [0.15, 0.2) is 0 Å². The van der Waals surface area contributed by atoms with Gasteiger partial charge < -0.3 is 4.74 Å². The van der Waals surface area contributed by atoms with Crippen LogP contribution in [-0.2, 0) is 4.74 Å². The smallest absolute Gasteiger partial charge is 0.0490 e. The van der Waals surface area contributed by atoms with Crippen molar-refractivity contribution in [2.75, 3.05) is 13.7 Å². The van der Waals surface area contributed by atoms with Crippen molar-refractivity contribution in [1.82, 2.24) is 0 Å². The van der Waals surface area contributed by atoms with E-state index in [4.69, 9.17) is 4.74 Å². The van der Waals surface area contributed by atoms with Crippen molar-refractivity contribution in [2.45, 2.75) is 83.5 Å². The van der Waals surface area contributed by atoms with Gasteiger partial charge in [0.15, 0.2) is 0 Å². The molecule has 0 aromatic rings. The van der Waals surface area contributed by atoms with Gasteiger partial charge in [-0.3, -0.25) is 0 Å². The first-order valence-electron chi connectivity index (χ1n) is 8.87. The van der Waals surface area contributed by atoms with Gasteiger partial charge in [-0.2, -0.15) is 0 Å². The molecule has 2 rings (SSSR count). The fraction of sp³-hybridized carbons (Fsp3) is 1.00. The molecule has 0 N–H and O–H groups in total. The lowest BCUT2D eigenvalue weighted by Gasteiger charge is -2.28. The summed E-state index contributed by atoms with van der Waals surface area (Å²) in [6.45, 7) is 0.994. The van der Waals surface area contributed by atoms with Crippen LogP contribution in [0.4, 0.5) is 0 Å². The molecule has 0 aromatic heterocycles. The molecule has 0 heterocycles. The minimum Gasteiger partial charge on any atom is -0.384 e. The van der Waals surface area contributed by atoms with Crippen LogP contribution in [0.25, 0.3) is 0 Å². The van der Waals surface area contributed by atoms with Gasteiger partial charge in [-0.25, -0.2) is 0 Å². The third kappa shape index (κ3) is 5.85. The Kier molecular flexibility index (Phi) is 7.27. The molecule has 0 spiro atoms. The Morgan fingerprint density at radius 2 is 1.21 bits per heavy atom. The van der Waals surface area contributed by atoms with Gasteiger partial charge in [0.2, 0.25) is 0 Å². The second-order valence-corrected chi connectivity index (χ2v) is 7.13. The molecule has 0 atom stereocenters. The first kappa shape index (κ1) is 15.4. The number of methoxy groups -OCH3 is 1. The minimum absolute atomic E-state index is 0.864. The standard InChI is InChI=1S/C18H34O/c1-19-15-18-13-11-17(12-14-18)10-6-5-9-16-7-3-2-4-8-16/h16-18H,2-15H2,1H3. The molecule has 0 aromatic carbocycles. The summed E-state index contributed by atoms with van der Waals surface area (Å²) in [6, 6.07) is 0. The Hall–Kier alpha value is -0.0400. The van der Waals surface area contributed by atoms with Crippen LogP contribution in [0.3, 0.4) is 0 Å². The SMILES string of the molecule is COCC1CCC(CCCCC2CCCCC2)CC1. The van der Waals surface area contributed by atoms with E-state index in [1.165, 1.54) is 83.5 Å². The van der Waals surface area contributed by atoms with Crippen molar-refractivity contribution in [3.05, 3.63) is 0 Å². The second kappa shape index (κ2) is 9.00. The quantitative estimate of drug-likeness (QED) is 0.547. The van der Waals surface area contributed by atoms with Crippen molar-refractivity contribution in [2.24, 2.45) is 17.8 Å². The van der Waals surface area contributed by atoms with E-state index in [0.717, 1.165) is 24.4 Å². The summed E-state index contributed by atoms with van der Waals surface area (Å²) in [6.07, 6.45) is 19.4. The maximum atomic E-state index is 5.28. The Morgan fingerprint density at radius 1 is 0.684 bits per heavy atom. The Bertz CT molecular complexity index is 212. The average molecular weight is 266 g/mol. The molecule has 0 unspecified atom stereocenters. The Balaban J connectivity index is 1.47. The number of unbranched alkanes of at least 4 members (excludes halogenated alkanes) is 1. The number of ether oxygens (including phenoxy) is 1. The zero-order valence-corrected chi connectivity index (χ0v) is 13.0. The summed E-state index contributed by atoms with van der Waals surface area (Å²) in [4.78, 5) is 0. The molecule has 2 fully saturated rings. The van der Waals surface area contributed by atoms with Gasteiger partial charge in [0, 0.05) is 13.7 Å². The molecule has 0 bridgehead atoms. The summed E-state index contributed by atoms with van der Waals surface area (Å²) in [5, 5.41) is 0. The zero-order valence-electron chi connectivity index (χ0n) is 13.0. The van der Waals surface area contributed by atoms with E-state index >= 15 is 0 Å². The van der Waals surface area contributed by atoms with Crippen molar-refractivity contribution >= 4 is 0 Å². The minimum atomic E-state index is 0.864. The Labute approximate surface area is 120 Å². The lowest BCUT2D eigenvalue weighted by molar-refractivity contribution is 0.117. The van der Waals surface area contributed by atoms with Crippen molar-refractivity contribution in [3.63, 3.8) is 0 Å². The summed E-state index contributed by atoms with van der Waals surface area (Å²) >= 11 is 0. The summed E-state index contributed by atoms with van der Waals surface area (Å²) in [7, 11) is 1.84. The molecule has 2 aliphatic rings. The molecule has 0 amide bonds. The average Bonchev–Trinajstić information content (AvgIpc) is 2.47. The highest BCUT2D eigenvalue weighted by Gasteiger charge is 2.20. The predicted molar refractivity (Wildman–Crippen MR) is 82.4 cm³/mol. The number of hydrogen-bond donors (Lipinski definition) is 0. The molecule has 0 aliphatic heterocycles. The third-order valence-corrected chi connectivity index (χ3v) is 5.57. The van der Waals surface area contributed by atoms with E-state index in [-0.39, 0.29) is 0 Å². The second-order valence-electron chi connectivity index (χ2n) is 7.13. The largest absolute Gasteiger partial charge is 0.384 e. The zero-order chi connectivity index (χ0) is 13.3. The van der Waals surface area contributed by atoms with Gasteiger partial charge in [-0.05, 0) is 30.6 Å². The van der Waals surface area contributed by atoms with Crippen molar-refractivity contribution in [3.8, 4) is 0 Å².